The van der Waals surface area contributed by atoms with Gasteiger partial charge in [-0.25, -0.2) is 0 Å². The molecule has 1 atom stereocenters. The quantitative estimate of drug-likeness (QED) is 0.785. The van der Waals surface area contributed by atoms with E-state index in [1.165, 1.54) is 0 Å². The van der Waals surface area contributed by atoms with Crippen molar-refractivity contribution in [3.63, 3.8) is 0 Å². The third kappa shape index (κ3) is 2.73. The number of hydrogen-bond donors (Lipinski definition) is 0. The number of benzene rings is 1. The van der Waals surface area contributed by atoms with Crippen LogP contribution in [0.15, 0.2) is 24.3 Å². The second kappa shape index (κ2) is 5.48. The van der Waals surface area contributed by atoms with Crippen LogP contribution in [-0.4, -0.2) is 37.3 Å². The monoisotopic (exact) mass is 302 g/mol. The molecule has 2 heterocycles. The zero-order valence-corrected chi connectivity index (χ0v) is 13.7. The molecule has 22 heavy (non-hydrogen) atoms. The average Bonchev–Trinajstić information content (AvgIpc) is 2.68. The number of carbonyl (C=O) groups excluding carboxylic acids is 1. The van der Waals surface area contributed by atoms with Gasteiger partial charge < -0.3 is 14.0 Å². The van der Waals surface area contributed by atoms with Crippen molar-refractivity contribution in [2.24, 2.45) is 0 Å². The van der Waals surface area contributed by atoms with Gasteiger partial charge in [-0.15, -0.1) is 0 Å². The summed E-state index contributed by atoms with van der Waals surface area (Å²) in [5, 5.41) is 0. The van der Waals surface area contributed by atoms with E-state index in [0.717, 1.165) is 11.0 Å². The molecule has 118 valence electrons. The molecule has 2 saturated heterocycles. The Labute approximate surface area is 132 Å². The molecule has 0 spiro atoms. The minimum absolute atomic E-state index is 0.138. The first-order chi connectivity index (χ1) is 10.3. The minimum Gasteiger partial charge on any atom is -0.399 e. The minimum atomic E-state index is -0.364. The molecule has 0 saturated carbocycles. The fourth-order valence-corrected chi connectivity index (χ4v) is 2.79. The van der Waals surface area contributed by atoms with Crippen LogP contribution in [0.2, 0.25) is 0 Å². The molecule has 1 aromatic rings. The third-order valence-corrected chi connectivity index (χ3v) is 5.03. The van der Waals surface area contributed by atoms with Gasteiger partial charge in [-0.05, 0) is 38.7 Å². The predicted molar refractivity (Wildman–Crippen MR) is 85.3 cm³/mol. The summed E-state index contributed by atoms with van der Waals surface area (Å²) in [5.74, 6) is 0.121. The first-order valence-electron chi connectivity index (χ1n) is 7.86. The number of Topliss-reactive ketones (excluding diaryl/α,β-unsaturated/α-hetero) is 1. The molecular formula is C17H23BO4. The van der Waals surface area contributed by atoms with Crippen molar-refractivity contribution >= 4 is 18.4 Å². The van der Waals surface area contributed by atoms with Crippen molar-refractivity contribution in [3.8, 4) is 0 Å². The van der Waals surface area contributed by atoms with E-state index in [1.54, 1.807) is 0 Å². The second-order valence-electron chi connectivity index (χ2n) is 7.10. The summed E-state index contributed by atoms with van der Waals surface area (Å²) in [4.78, 5) is 12.0. The Morgan fingerprint density at radius 2 is 1.64 bits per heavy atom. The van der Waals surface area contributed by atoms with Crippen LogP contribution in [0, 0.1) is 0 Å². The van der Waals surface area contributed by atoms with E-state index in [2.05, 4.69) is 0 Å². The number of ether oxygens (including phenoxy) is 1. The van der Waals surface area contributed by atoms with E-state index in [1.807, 2.05) is 52.0 Å². The molecule has 0 aromatic heterocycles. The topological polar surface area (TPSA) is 44.8 Å². The summed E-state index contributed by atoms with van der Waals surface area (Å²) >= 11 is 0. The largest absolute Gasteiger partial charge is 0.494 e. The van der Waals surface area contributed by atoms with Gasteiger partial charge in [-0.2, -0.15) is 0 Å². The average molecular weight is 302 g/mol. The van der Waals surface area contributed by atoms with Crippen molar-refractivity contribution in [2.75, 3.05) is 13.2 Å². The summed E-state index contributed by atoms with van der Waals surface area (Å²) in [6.07, 6.45) is 0.504. The lowest BCUT2D eigenvalue weighted by Crippen LogP contribution is -2.41. The van der Waals surface area contributed by atoms with Crippen molar-refractivity contribution < 1.29 is 18.8 Å². The highest BCUT2D eigenvalue weighted by Crippen LogP contribution is 2.36. The fraction of sp³-hybridized carbons (Fsp3) is 0.588. The zero-order valence-electron chi connectivity index (χ0n) is 13.7. The van der Waals surface area contributed by atoms with Crippen LogP contribution in [0.5, 0.6) is 0 Å². The molecule has 1 unspecified atom stereocenters. The molecule has 2 fully saturated rings. The lowest BCUT2D eigenvalue weighted by atomic mass is 9.78. The molecule has 1 aromatic carbocycles. The highest BCUT2D eigenvalue weighted by Gasteiger charge is 2.51. The van der Waals surface area contributed by atoms with E-state index in [0.29, 0.717) is 19.6 Å². The van der Waals surface area contributed by atoms with E-state index in [9.17, 15) is 4.79 Å². The van der Waals surface area contributed by atoms with E-state index in [-0.39, 0.29) is 30.0 Å². The molecule has 0 bridgehead atoms. The van der Waals surface area contributed by atoms with Crippen LogP contribution in [0.3, 0.4) is 0 Å². The van der Waals surface area contributed by atoms with E-state index < -0.39 is 0 Å². The maximum absolute atomic E-state index is 12.0. The lowest BCUT2D eigenvalue weighted by molar-refractivity contribution is -0.126. The highest BCUT2D eigenvalue weighted by atomic mass is 16.7. The summed E-state index contributed by atoms with van der Waals surface area (Å²) in [6, 6.07) is 7.94. The zero-order chi connectivity index (χ0) is 16.0. The van der Waals surface area contributed by atoms with Crippen molar-refractivity contribution in [3.05, 3.63) is 29.8 Å². The van der Waals surface area contributed by atoms with Crippen LogP contribution in [-0.2, 0) is 18.8 Å². The summed E-state index contributed by atoms with van der Waals surface area (Å²) in [7, 11) is -0.364. The Morgan fingerprint density at radius 1 is 1.05 bits per heavy atom. The summed E-state index contributed by atoms with van der Waals surface area (Å²) in [6.45, 7) is 9.19. The highest BCUT2D eigenvalue weighted by molar-refractivity contribution is 6.62. The van der Waals surface area contributed by atoms with Crippen LogP contribution >= 0.6 is 0 Å². The summed E-state index contributed by atoms with van der Waals surface area (Å²) < 4.78 is 17.5. The molecule has 4 nitrogen and oxygen atoms in total. The van der Waals surface area contributed by atoms with Crippen molar-refractivity contribution in [1.82, 2.24) is 0 Å². The predicted octanol–water partition coefficient (Wildman–Crippen LogP) is 2.06. The summed E-state index contributed by atoms with van der Waals surface area (Å²) in [5.41, 5.74) is 1.30. The maximum Gasteiger partial charge on any atom is 0.494 e. The fourth-order valence-electron chi connectivity index (χ4n) is 2.79. The van der Waals surface area contributed by atoms with Crippen LogP contribution in [0.25, 0.3) is 0 Å². The molecule has 0 amide bonds. The molecule has 0 aliphatic carbocycles. The molecule has 0 radical (unpaired) electrons. The molecule has 2 aliphatic rings. The molecule has 5 heteroatoms. The van der Waals surface area contributed by atoms with Crippen LogP contribution < -0.4 is 5.46 Å². The van der Waals surface area contributed by atoms with Crippen LogP contribution in [0.4, 0.5) is 0 Å². The van der Waals surface area contributed by atoms with Gasteiger partial charge in [-0.3, -0.25) is 4.79 Å². The van der Waals surface area contributed by atoms with Gasteiger partial charge in [0.25, 0.3) is 0 Å². The Kier molecular flexibility index (Phi) is 3.92. The second-order valence-corrected chi connectivity index (χ2v) is 7.10. The lowest BCUT2D eigenvalue weighted by Gasteiger charge is -2.32. The normalized spacial score (nSPS) is 27.2. The van der Waals surface area contributed by atoms with Gasteiger partial charge in [0.2, 0.25) is 0 Å². The molecule has 0 N–H and O–H groups in total. The standard InChI is InChI=1S/C17H23BO4/c1-16(2)17(3,4)22-18(21-16)13-7-5-12(6-8-13)14-11-20-10-9-15(14)19/h5-8,14H,9-11H2,1-4H3. The SMILES string of the molecule is CC1(C)OB(c2ccc(C3COCCC3=O)cc2)OC1(C)C. The van der Waals surface area contributed by atoms with Gasteiger partial charge in [0.1, 0.15) is 5.78 Å². The smallest absolute Gasteiger partial charge is 0.399 e. The first kappa shape index (κ1) is 15.7. The third-order valence-electron chi connectivity index (χ3n) is 5.03. The molecular weight excluding hydrogens is 279 g/mol. The maximum atomic E-state index is 12.0. The van der Waals surface area contributed by atoms with Gasteiger partial charge in [0.05, 0.1) is 30.3 Å². The number of ketones is 1. The van der Waals surface area contributed by atoms with Gasteiger partial charge in [-0.1, -0.05) is 24.3 Å². The Bertz CT molecular complexity index is 549. The van der Waals surface area contributed by atoms with Gasteiger partial charge in [0.15, 0.2) is 0 Å². The molecule has 3 rings (SSSR count). The van der Waals surface area contributed by atoms with E-state index >= 15 is 0 Å². The first-order valence-corrected chi connectivity index (χ1v) is 7.86. The van der Waals surface area contributed by atoms with Crippen molar-refractivity contribution in [1.29, 1.82) is 0 Å². The van der Waals surface area contributed by atoms with Gasteiger partial charge in [0, 0.05) is 6.42 Å². The van der Waals surface area contributed by atoms with E-state index in [4.69, 9.17) is 14.0 Å². The van der Waals surface area contributed by atoms with Gasteiger partial charge >= 0.3 is 7.12 Å². The number of carbonyl (C=O) groups is 1. The molecule has 2 aliphatic heterocycles. The number of rotatable bonds is 2. The number of hydrogen-bond acceptors (Lipinski definition) is 4. The Morgan fingerprint density at radius 3 is 2.18 bits per heavy atom. The van der Waals surface area contributed by atoms with Crippen molar-refractivity contribution in [2.45, 2.75) is 51.2 Å². The Hall–Kier alpha value is -1.17. The van der Waals surface area contributed by atoms with Crippen LogP contribution in [0.1, 0.15) is 45.6 Å². The Balaban J connectivity index is 1.76.